The molecule has 21 rings (SSSR count). The molecule has 6 atom stereocenters. The highest BCUT2D eigenvalue weighted by Gasteiger charge is 2.49. The second kappa shape index (κ2) is 42.5. The predicted octanol–water partition coefficient (Wildman–Crippen LogP) is 18.7. The predicted molar refractivity (Wildman–Crippen MR) is 582 cm³/mol. The fourth-order valence-corrected chi connectivity index (χ4v) is 24.1. The van der Waals surface area contributed by atoms with Crippen molar-refractivity contribution in [3.63, 3.8) is 0 Å². The van der Waals surface area contributed by atoms with Crippen LogP contribution in [-0.2, 0) is 38.0 Å². The van der Waals surface area contributed by atoms with Gasteiger partial charge in [0.2, 0.25) is 0 Å². The number of hydrogen-bond acceptors (Lipinski definition) is 21. The number of aryl methyl sites for hydroxylation is 2. The maximum Gasteiger partial charge on any atom is 0.305 e. The van der Waals surface area contributed by atoms with Crippen LogP contribution in [0.3, 0.4) is 0 Å². The zero-order chi connectivity index (χ0) is 103. The van der Waals surface area contributed by atoms with Gasteiger partial charge < -0.3 is 82.2 Å². The summed E-state index contributed by atoms with van der Waals surface area (Å²) in [5, 5.41) is 55.6. The molecular formula is C119H142ClFIN15O9. The molecular weight excluding hydrogens is 1960 g/mol. The van der Waals surface area contributed by atoms with Crippen molar-refractivity contribution < 1.29 is 104 Å². The number of ether oxygens (including phenoxy) is 2. The molecule has 18 aliphatic rings. The van der Waals surface area contributed by atoms with Gasteiger partial charge in [-0.2, -0.15) is 0 Å². The lowest BCUT2D eigenvalue weighted by Crippen LogP contribution is -3.00. The summed E-state index contributed by atoms with van der Waals surface area (Å²) in [6, 6.07) is 12.6. The lowest BCUT2D eigenvalue weighted by Gasteiger charge is -2.19. The van der Waals surface area contributed by atoms with Crippen LogP contribution < -0.4 is 61.5 Å². The number of carboxylic acids is 1. The number of rotatable bonds is 18. The number of hydrogen-bond donors (Lipinski definition) is 7. The number of esters is 2. The number of nitrogens with one attached hydrogen (secondary N) is 3. The Morgan fingerprint density at radius 2 is 0.651 bits per heavy atom. The van der Waals surface area contributed by atoms with E-state index in [1.807, 2.05) is 80.9 Å². The highest BCUT2D eigenvalue weighted by Crippen LogP contribution is 2.55. The van der Waals surface area contributed by atoms with Gasteiger partial charge in [0, 0.05) is 204 Å². The van der Waals surface area contributed by atoms with Crippen LogP contribution in [-0.4, -0.2) is 116 Å². The van der Waals surface area contributed by atoms with Crippen molar-refractivity contribution in [2.24, 2.45) is 94.5 Å². The van der Waals surface area contributed by atoms with Gasteiger partial charge in [0.15, 0.2) is 24.8 Å². The van der Waals surface area contributed by atoms with Crippen LogP contribution in [0.1, 0.15) is 248 Å². The summed E-state index contributed by atoms with van der Waals surface area (Å²) >= 11 is 0. The van der Waals surface area contributed by atoms with Gasteiger partial charge in [-0.1, -0.05) is 62.3 Å². The van der Waals surface area contributed by atoms with Crippen LogP contribution in [0.4, 0.5) is 4.39 Å². The summed E-state index contributed by atoms with van der Waals surface area (Å²) in [6.07, 6.45) is 32.9. The Morgan fingerprint density at radius 1 is 0.390 bits per heavy atom. The molecule has 0 aromatic carbocycles. The number of aliphatic imine (C=N–C) groups is 9. The molecule has 27 heteroatoms. The summed E-state index contributed by atoms with van der Waals surface area (Å²) in [4.78, 5) is 88.3. The van der Waals surface area contributed by atoms with Crippen LogP contribution in [0, 0.1) is 35.5 Å². The summed E-state index contributed by atoms with van der Waals surface area (Å²) in [7, 11) is 5.90. The van der Waals surface area contributed by atoms with Crippen molar-refractivity contribution >= 4 is 86.0 Å². The molecule has 768 valence electrons. The number of nitrogens with zero attached hydrogens (tertiary/aromatic N) is 12. The average molecular weight is 2110 g/mol. The third-order valence-corrected chi connectivity index (χ3v) is 31.9. The average Bonchev–Trinajstić information content (AvgIpc) is 1.58. The Kier molecular flexibility index (Phi) is 30.2. The highest BCUT2D eigenvalue weighted by molar-refractivity contribution is 6.37. The van der Waals surface area contributed by atoms with Crippen molar-refractivity contribution in [3.05, 3.63) is 346 Å². The van der Waals surface area contributed by atoms with E-state index in [1.54, 1.807) is 0 Å². The summed E-state index contributed by atoms with van der Waals surface area (Å²) in [5.41, 5.74) is 50.3. The SMILES string of the molecule is CCC1=C(C)C2=NC1=CC1=C(C)C3=C(O)CC(=C4NC(=C(c5cc[n+](C)cc5)C5=NC(=C2)C(CC)=C5C)[C@@H](C)[C@@H]4CCC(=O)O)C3=N1.CCC1=C(C)C2=NC1=CC1=C(C)C3=C(O)CC(=C4NC(=C(c5cc[n+](C)cc5)C5=NC(=C2)C(CC)=C5C)[C@@H](C)[C@@H]4CCC(=O)OC)C3=N1.CCC1=C(C)C2=NC1=CC1=C(C)C3=C(O)CC(=C4NC(=C(c5ccncc5)C5=NC(=C2)C(CC)=C5C)[C@@H](C)[C@@H]4CCC(=O)OC)C3=N1.[2H]CF.[Cl-].[HH].[HH].[HH].[HH].[HH].[HH].[I-]. The molecule has 3 aromatic rings. The number of carboxylic acid groups (broad SMARTS) is 1. The van der Waals surface area contributed by atoms with Gasteiger partial charge in [0.1, 0.15) is 31.4 Å². The Balaban J connectivity index is 0.000000225. The lowest BCUT2D eigenvalue weighted by atomic mass is 9.83. The monoisotopic (exact) mass is 2110 g/mol. The van der Waals surface area contributed by atoms with E-state index in [9.17, 15) is 39.2 Å². The quantitative estimate of drug-likeness (QED) is 0.0354. The molecule has 146 heavy (non-hydrogen) atoms. The first-order valence-corrected chi connectivity index (χ1v) is 50.6. The summed E-state index contributed by atoms with van der Waals surface area (Å²) in [6.45, 7) is 38.7. The van der Waals surface area contributed by atoms with E-state index >= 15 is 0 Å². The minimum absolute atomic E-state index is 0. The number of pyridine rings is 3. The number of carbonyl (C=O) groups excluding carboxylic acids is 2. The fraction of sp³-hybridized carbons (Fsp3) is 0.370. The number of alkyl halides is 1. The van der Waals surface area contributed by atoms with E-state index < -0.39 is 13.1 Å². The van der Waals surface area contributed by atoms with Crippen molar-refractivity contribution in [1.29, 1.82) is 0 Å². The van der Waals surface area contributed by atoms with E-state index in [0.29, 0.717) is 62.2 Å². The molecule has 7 N–H and O–H groups in total. The molecule has 3 fully saturated rings. The number of fused-ring (bicyclic) bond motifs is 15. The first kappa shape index (κ1) is 104. The van der Waals surface area contributed by atoms with Gasteiger partial charge in [-0.05, 0) is 269 Å². The van der Waals surface area contributed by atoms with Gasteiger partial charge in [-0.15, -0.1) is 0 Å². The molecule has 18 heterocycles. The van der Waals surface area contributed by atoms with E-state index in [0.717, 1.165) is 292 Å². The van der Waals surface area contributed by atoms with Crippen molar-refractivity contribution in [3.8, 4) is 0 Å². The van der Waals surface area contributed by atoms with Crippen molar-refractivity contribution in [2.75, 3.05) is 21.4 Å². The Bertz CT molecular complexity index is 7510. The fourth-order valence-electron chi connectivity index (χ4n) is 24.1. The zero-order valence-electron chi connectivity index (χ0n) is 88.5. The largest absolute Gasteiger partial charge is 1.00 e. The first-order chi connectivity index (χ1) is 69.6. The molecule has 0 unspecified atom stereocenters. The number of carbonyl (C=O) groups is 3. The maximum atomic E-state index is 12.5. The van der Waals surface area contributed by atoms with Crippen molar-refractivity contribution in [2.45, 2.75) is 221 Å². The van der Waals surface area contributed by atoms with Gasteiger partial charge in [-0.25, -0.2) is 54.1 Å². The normalized spacial score (nSPS) is 23.0. The highest BCUT2D eigenvalue weighted by atomic mass is 127. The molecule has 3 saturated heterocycles. The summed E-state index contributed by atoms with van der Waals surface area (Å²) in [5.74, 6) is -0.509. The molecule has 0 amide bonds. The number of halogens is 3. The Morgan fingerprint density at radius 3 is 0.918 bits per heavy atom. The van der Waals surface area contributed by atoms with Crippen LogP contribution in [0.5, 0.6) is 0 Å². The van der Waals surface area contributed by atoms with E-state index in [2.05, 4.69) is 198 Å². The molecule has 0 spiro atoms. The van der Waals surface area contributed by atoms with Gasteiger partial charge in [0.05, 0.1) is 125 Å². The maximum absolute atomic E-state index is 12.5. The molecule has 24 bridgehead atoms. The van der Waals surface area contributed by atoms with Crippen LogP contribution in [0.15, 0.2) is 375 Å². The number of aliphatic carboxylic acids is 1. The third kappa shape index (κ3) is 18.3. The number of aromatic nitrogens is 3. The second-order valence-electron chi connectivity index (χ2n) is 39.7. The standard InChI is InChI=1S/C40H43N5O3.2C39H41N5O3.CH3F.ClH.HI.6H2/c1-9-25-20(3)29-18-32-26(10-2)21(4)37(43-32)36(24-13-15-45(7)16-14-24)38-22(5)27(11-12-34(47)48-8)39(44-38)28-17-33(46)35-23(6)30(42-40(28)35)19-31(25)41-29;1-8-24-19(3)28-17-31-25(9-2)20(4)36(42-31)35(23-12-14-44(7)15-13-23)37-21(5)26(10-11-33(46)47)38(43-37)27-16-32(45)34-22(6)29(41-39(27)34)18-30(24)40-28;1-8-24-19(3)28-17-31-25(9-2)20(4)36(43-31)35(23-12-14-40-15-13-23)37-21(5)26(10-11-33(46)47-7)38(44-37)27-16-32(45)34-22(6)29(42-39(27)34)18-30(24)41-28;1-2;;;;;;;;/h13-16,18-19,22,27H,9-12,17H2,1-8H3,(H,41,42,43,46);12-15,17-18,21,26H,8-11,16H2,1-7H3,(H2,40,41,42,45,46,47);12-15,17-18,21,26,44-45H,8-11,16H2,1-7H3;1H3;8*1H/t22-,27-;2*21-,26-;;;;;;;;;/m000........./s1/i;;;1D;;;;;;;;. The van der Waals surface area contributed by atoms with Crippen LogP contribution in [0.25, 0.3) is 16.7 Å². The third-order valence-electron chi connectivity index (χ3n) is 31.9. The topological polar surface area (TPSA) is 319 Å². The zero-order valence-corrected chi connectivity index (χ0v) is 90.4. The van der Waals surface area contributed by atoms with Gasteiger partial charge >= 0.3 is 17.9 Å². The Labute approximate surface area is 888 Å². The number of allylic oxidation sites excluding steroid dienone is 36. The van der Waals surface area contributed by atoms with E-state index in [4.69, 9.17) is 55.8 Å². The molecule has 15 aliphatic heterocycles. The number of aliphatic hydroxyl groups excluding tert-OH is 3. The molecule has 3 aliphatic carbocycles. The van der Waals surface area contributed by atoms with Crippen LogP contribution >= 0.6 is 0 Å². The first-order valence-electron chi connectivity index (χ1n) is 51.4. The van der Waals surface area contributed by atoms with Gasteiger partial charge in [0.25, 0.3) is 0 Å². The van der Waals surface area contributed by atoms with Crippen molar-refractivity contribution in [1.82, 2.24) is 20.9 Å². The minimum Gasteiger partial charge on any atom is -1.00 e. The molecule has 0 radical (unpaired) electrons. The molecule has 24 nitrogen and oxygen atoms in total. The molecule has 3 aromatic heterocycles. The van der Waals surface area contributed by atoms with E-state index in [-0.39, 0.29) is 105 Å². The van der Waals surface area contributed by atoms with Crippen LogP contribution in [0.2, 0.25) is 0 Å². The summed E-state index contributed by atoms with van der Waals surface area (Å²) < 4.78 is 29.7. The smallest absolute Gasteiger partial charge is 0.305 e. The van der Waals surface area contributed by atoms with Gasteiger partial charge in [-0.3, -0.25) is 23.8 Å². The number of methoxy groups -OCH3 is 2. The van der Waals surface area contributed by atoms with E-state index in [1.165, 1.54) is 47.7 Å². The second-order valence-corrected chi connectivity index (χ2v) is 39.7. The molecule has 0 saturated carbocycles. The minimum atomic E-state index is -1.00. The Hall–Kier alpha value is -13.6. The lowest BCUT2D eigenvalue weighted by molar-refractivity contribution is -0.671. The number of aliphatic hydroxyl groups is 3.